The SMILES string of the molecule is Cc1sc2nc(CSC(C)C(=O)NC3(CN)CCCC3)[nH]c(=O)c2c1C. The topological polar surface area (TPSA) is 101 Å². The van der Waals surface area contributed by atoms with Gasteiger partial charge in [0.15, 0.2) is 0 Å². The molecular weight excluding hydrogens is 368 g/mol. The predicted molar refractivity (Wildman–Crippen MR) is 109 cm³/mol. The van der Waals surface area contributed by atoms with Crippen LogP contribution >= 0.6 is 23.1 Å². The normalized spacial score (nSPS) is 17.5. The Morgan fingerprint density at radius 1 is 1.42 bits per heavy atom. The van der Waals surface area contributed by atoms with E-state index in [1.807, 2.05) is 20.8 Å². The lowest BCUT2D eigenvalue weighted by molar-refractivity contribution is -0.122. The highest BCUT2D eigenvalue weighted by atomic mass is 32.2. The van der Waals surface area contributed by atoms with Crippen molar-refractivity contribution in [3.63, 3.8) is 0 Å². The number of amides is 1. The molecule has 142 valence electrons. The summed E-state index contributed by atoms with van der Waals surface area (Å²) in [7, 11) is 0. The fourth-order valence-corrected chi connectivity index (χ4v) is 5.25. The van der Waals surface area contributed by atoms with Crippen molar-refractivity contribution < 1.29 is 4.79 Å². The molecule has 1 unspecified atom stereocenters. The van der Waals surface area contributed by atoms with E-state index in [9.17, 15) is 9.59 Å². The Kier molecular flexibility index (Phi) is 5.74. The van der Waals surface area contributed by atoms with Crippen LogP contribution in [0.3, 0.4) is 0 Å². The Morgan fingerprint density at radius 3 is 2.77 bits per heavy atom. The average molecular weight is 395 g/mol. The van der Waals surface area contributed by atoms with Crippen LogP contribution in [-0.2, 0) is 10.5 Å². The maximum Gasteiger partial charge on any atom is 0.259 e. The van der Waals surface area contributed by atoms with Crippen LogP contribution < -0.4 is 16.6 Å². The molecule has 0 spiro atoms. The second kappa shape index (κ2) is 7.70. The quantitative estimate of drug-likeness (QED) is 0.699. The highest BCUT2D eigenvalue weighted by Gasteiger charge is 2.34. The van der Waals surface area contributed by atoms with E-state index in [1.165, 1.54) is 23.1 Å². The van der Waals surface area contributed by atoms with Gasteiger partial charge >= 0.3 is 0 Å². The number of aromatic nitrogens is 2. The van der Waals surface area contributed by atoms with Gasteiger partial charge in [-0.1, -0.05) is 12.8 Å². The van der Waals surface area contributed by atoms with Crippen molar-refractivity contribution in [2.45, 2.75) is 63.0 Å². The number of thioether (sulfide) groups is 1. The second-order valence-electron chi connectivity index (χ2n) is 7.11. The summed E-state index contributed by atoms with van der Waals surface area (Å²) >= 11 is 3.02. The van der Waals surface area contributed by atoms with Gasteiger partial charge < -0.3 is 16.0 Å². The molecule has 26 heavy (non-hydrogen) atoms. The molecule has 0 bridgehead atoms. The Bertz CT molecular complexity index is 868. The van der Waals surface area contributed by atoms with Crippen molar-refractivity contribution in [3.8, 4) is 0 Å². The number of aromatic amines is 1. The number of H-pyrrole nitrogens is 1. The standard InChI is InChI=1S/C18H26N4O2S2/c1-10-11(2)26-17-14(10)16(24)20-13(21-17)8-25-12(3)15(23)22-18(9-19)6-4-5-7-18/h12H,4-9,19H2,1-3H3,(H,22,23)(H,20,21,24). The van der Waals surface area contributed by atoms with Gasteiger partial charge in [-0.15, -0.1) is 23.1 Å². The van der Waals surface area contributed by atoms with E-state index in [0.29, 0.717) is 23.5 Å². The molecule has 1 fully saturated rings. The van der Waals surface area contributed by atoms with Gasteiger partial charge in [-0.25, -0.2) is 4.98 Å². The molecular formula is C18H26N4O2S2. The van der Waals surface area contributed by atoms with Gasteiger partial charge in [0.25, 0.3) is 5.56 Å². The van der Waals surface area contributed by atoms with E-state index in [2.05, 4.69) is 15.3 Å². The van der Waals surface area contributed by atoms with Gasteiger partial charge in [0.2, 0.25) is 5.91 Å². The number of nitrogens with two attached hydrogens (primary N) is 1. The molecule has 3 rings (SSSR count). The molecule has 1 saturated carbocycles. The highest BCUT2D eigenvalue weighted by Crippen LogP contribution is 2.30. The maximum absolute atomic E-state index is 12.5. The van der Waals surface area contributed by atoms with E-state index in [4.69, 9.17) is 5.73 Å². The molecule has 0 aliphatic heterocycles. The molecule has 8 heteroatoms. The van der Waals surface area contributed by atoms with Crippen LogP contribution in [0.4, 0.5) is 0 Å². The van der Waals surface area contributed by atoms with Crippen LogP contribution in [-0.4, -0.2) is 33.2 Å². The highest BCUT2D eigenvalue weighted by molar-refractivity contribution is 7.99. The van der Waals surface area contributed by atoms with Gasteiger partial charge in [-0.3, -0.25) is 9.59 Å². The second-order valence-corrected chi connectivity index (χ2v) is 9.64. The number of hydrogen-bond acceptors (Lipinski definition) is 6. The first kappa shape index (κ1) is 19.4. The number of carbonyl (C=O) groups is 1. The number of fused-ring (bicyclic) bond motifs is 1. The molecule has 0 radical (unpaired) electrons. The summed E-state index contributed by atoms with van der Waals surface area (Å²) in [6.07, 6.45) is 4.14. The summed E-state index contributed by atoms with van der Waals surface area (Å²) in [5, 5.41) is 3.60. The number of nitrogens with zero attached hydrogens (tertiary/aromatic N) is 1. The number of nitrogens with one attached hydrogen (secondary N) is 2. The summed E-state index contributed by atoms with van der Waals surface area (Å²) in [6.45, 7) is 6.31. The predicted octanol–water partition coefficient (Wildman–Crippen LogP) is 2.61. The molecule has 6 nitrogen and oxygen atoms in total. The fourth-order valence-electron chi connectivity index (χ4n) is 3.44. The molecule has 1 atom stereocenters. The largest absolute Gasteiger partial charge is 0.348 e. The van der Waals surface area contributed by atoms with Gasteiger partial charge in [0, 0.05) is 11.4 Å². The van der Waals surface area contributed by atoms with Gasteiger partial charge in [-0.2, -0.15) is 0 Å². The zero-order valence-corrected chi connectivity index (χ0v) is 17.1. The van der Waals surface area contributed by atoms with Crippen LogP contribution in [0.15, 0.2) is 4.79 Å². The monoisotopic (exact) mass is 394 g/mol. The van der Waals surface area contributed by atoms with Crippen LogP contribution in [0.1, 0.15) is 48.9 Å². The number of rotatable bonds is 6. The van der Waals surface area contributed by atoms with Crippen LogP contribution in [0.5, 0.6) is 0 Å². The third-order valence-electron chi connectivity index (χ3n) is 5.27. The van der Waals surface area contributed by atoms with Crippen molar-refractivity contribution in [2.24, 2.45) is 5.73 Å². The fraction of sp³-hybridized carbons (Fsp3) is 0.611. The third kappa shape index (κ3) is 3.82. The maximum atomic E-state index is 12.5. The lowest BCUT2D eigenvalue weighted by atomic mass is 9.98. The van der Waals surface area contributed by atoms with Gasteiger partial charge in [0.1, 0.15) is 10.7 Å². The molecule has 2 aromatic rings. The lowest BCUT2D eigenvalue weighted by Gasteiger charge is -2.30. The van der Waals surface area contributed by atoms with Crippen LogP contribution in [0.2, 0.25) is 0 Å². The zero-order chi connectivity index (χ0) is 18.9. The summed E-state index contributed by atoms with van der Waals surface area (Å²) in [5.41, 5.74) is 6.56. The minimum absolute atomic E-state index is 0.00795. The first-order chi connectivity index (χ1) is 12.3. The molecule has 0 saturated heterocycles. The Labute approximate surface area is 161 Å². The van der Waals surface area contributed by atoms with Crippen molar-refractivity contribution >= 4 is 39.2 Å². The van der Waals surface area contributed by atoms with Gasteiger partial charge in [-0.05, 0) is 39.2 Å². The zero-order valence-electron chi connectivity index (χ0n) is 15.5. The van der Waals surface area contributed by atoms with Crippen molar-refractivity contribution in [1.82, 2.24) is 15.3 Å². The van der Waals surface area contributed by atoms with Crippen LogP contribution in [0, 0.1) is 13.8 Å². The minimum Gasteiger partial charge on any atom is -0.348 e. The Morgan fingerprint density at radius 2 is 2.12 bits per heavy atom. The number of aryl methyl sites for hydroxylation is 2. The van der Waals surface area contributed by atoms with Crippen LogP contribution in [0.25, 0.3) is 10.2 Å². The lowest BCUT2D eigenvalue weighted by Crippen LogP contribution is -2.53. The summed E-state index contributed by atoms with van der Waals surface area (Å²) in [5.74, 6) is 1.11. The first-order valence-electron chi connectivity index (χ1n) is 8.98. The first-order valence-corrected chi connectivity index (χ1v) is 10.8. The third-order valence-corrected chi connectivity index (χ3v) is 7.52. The smallest absolute Gasteiger partial charge is 0.259 e. The molecule has 0 aromatic carbocycles. The molecule has 1 amide bonds. The molecule has 2 aromatic heterocycles. The Hall–Kier alpha value is -1.38. The number of thiophene rings is 1. The molecule has 2 heterocycles. The average Bonchev–Trinajstić information content (AvgIpc) is 3.18. The van der Waals surface area contributed by atoms with E-state index in [-0.39, 0.29) is 22.3 Å². The van der Waals surface area contributed by atoms with E-state index >= 15 is 0 Å². The molecule has 1 aliphatic carbocycles. The van der Waals surface area contributed by atoms with Crippen molar-refractivity contribution in [1.29, 1.82) is 0 Å². The number of carbonyl (C=O) groups excluding carboxylic acids is 1. The summed E-state index contributed by atoms with van der Waals surface area (Å²) < 4.78 is 0. The van der Waals surface area contributed by atoms with E-state index in [1.54, 1.807) is 0 Å². The summed E-state index contributed by atoms with van der Waals surface area (Å²) in [6, 6.07) is 0. The molecule has 1 aliphatic rings. The summed E-state index contributed by atoms with van der Waals surface area (Å²) in [4.78, 5) is 34.2. The van der Waals surface area contributed by atoms with Crippen molar-refractivity contribution in [3.05, 3.63) is 26.6 Å². The van der Waals surface area contributed by atoms with E-state index in [0.717, 1.165) is 41.0 Å². The number of hydrogen-bond donors (Lipinski definition) is 3. The van der Waals surface area contributed by atoms with E-state index < -0.39 is 0 Å². The van der Waals surface area contributed by atoms with Gasteiger partial charge in [0.05, 0.1) is 21.9 Å². The molecule has 4 N–H and O–H groups in total. The minimum atomic E-state index is -0.233. The Balaban J connectivity index is 1.65. The van der Waals surface area contributed by atoms with Crippen molar-refractivity contribution in [2.75, 3.05) is 6.54 Å².